The van der Waals surface area contributed by atoms with Gasteiger partial charge in [-0.25, -0.2) is 0 Å². The summed E-state index contributed by atoms with van der Waals surface area (Å²) in [6.45, 7) is 4.04. The summed E-state index contributed by atoms with van der Waals surface area (Å²) in [6.07, 6.45) is -4.31. The molecule has 5 heteroatoms. The molecule has 0 aromatic heterocycles. The van der Waals surface area contributed by atoms with Crippen molar-refractivity contribution in [2.45, 2.75) is 33.4 Å². The molecule has 1 aromatic carbocycles. The van der Waals surface area contributed by atoms with E-state index in [4.69, 9.17) is 0 Å². The van der Waals surface area contributed by atoms with Gasteiger partial charge in [-0.15, -0.1) is 0 Å². The molecule has 0 saturated heterocycles. The van der Waals surface area contributed by atoms with Crippen molar-refractivity contribution < 1.29 is 18.0 Å². The number of nitrogens with one attached hydrogen (secondary N) is 1. The number of carbonyl (C=O) groups excluding carboxylic acids is 1. The number of carbonyl (C=O) groups is 1. The fourth-order valence-electron chi connectivity index (χ4n) is 1.82. The highest BCUT2D eigenvalue weighted by Gasteiger charge is 2.59. The van der Waals surface area contributed by atoms with Crippen LogP contribution in [-0.2, 0) is 4.79 Å². The van der Waals surface area contributed by atoms with E-state index < -0.39 is 23.4 Å². The molecule has 1 rings (SSSR count). The van der Waals surface area contributed by atoms with Crippen molar-refractivity contribution in [2.24, 2.45) is 11.3 Å². The Labute approximate surface area is 111 Å². The third-order valence-corrected chi connectivity index (χ3v) is 3.69. The Morgan fingerprint density at radius 3 is 2.21 bits per heavy atom. The summed E-state index contributed by atoms with van der Waals surface area (Å²) in [4.78, 5) is 12.1. The first-order chi connectivity index (χ1) is 8.73. The number of halogens is 3. The quantitative estimate of drug-likeness (QED) is 0.873. The normalized spacial score (nSPS) is 16.5. The van der Waals surface area contributed by atoms with Gasteiger partial charge in [-0.05, 0) is 25.0 Å². The third kappa shape index (κ3) is 3.08. The molecule has 0 spiro atoms. The number of hydrogen-bond acceptors (Lipinski definition) is 1. The van der Waals surface area contributed by atoms with E-state index in [-0.39, 0.29) is 6.42 Å². The molecule has 0 radical (unpaired) electrons. The summed E-state index contributed by atoms with van der Waals surface area (Å²) in [5, 5.41) is 2.35. The largest absolute Gasteiger partial charge is 0.403 e. The standard InChI is InChI=1S/C14H18F3NO/c1-4-10(2)13(3,14(15,16)17)12(19)18-11-8-6-5-7-9-11/h5-10H,4H2,1-3H3,(H,18,19)/t10-,13?/m0/s1. The smallest absolute Gasteiger partial charge is 0.325 e. The SMILES string of the molecule is CC[C@H](C)C(C)(C(=O)Nc1ccccc1)C(F)(F)F. The lowest BCUT2D eigenvalue weighted by atomic mass is 9.75. The second-order valence-corrected chi connectivity index (χ2v) is 4.83. The highest BCUT2D eigenvalue weighted by atomic mass is 19.4. The van der Waals surface area contributed by atoms with Gasteiger partial charge < -0.3 is 5.32 Å². The molecule has 0 heterocycles. The van der Waals surface area contributed by atoms with Crippen LogP contribution in [0.3, 0.4) is 0 Å². The molecule has 2 nitrogen and oxygen atoms in total. The Hall–Kier alpha value is -1.52. The van der Waals surface area contributed by atoms with Crippen molar-refractivity contribution >= 4 is 11.6 Å². The van der Waals surface area contributed by atoms with Crippen molar-refractivity contribution in [3.05, 3.63) is 30.3 Å². The maximum absolute atomic E-state index is 13.2. The van der Waals surface area contributed by atoms with Crippen LogP contribution in [-0.4, -0.2) is 12.1 Å². The van der Waals surface area contributed by atoms with Crippen LogP contribution in [0.15, 0.2) is 30.3 Å². The molecular weight excluding hydrogens is 255 g/mol. The third-order valence-electron chi connectivity index (χ3n) is 3.69. The van der Waals surface area contributed by atoms with Gasteiger partial charge in [0.1, 0.15) is 5.41 Å². The van der Waals surface area contributed by atoms with Crippen LogP contribution >= 0.6 is 0 Å². The van der Waals surface area contributed by atoms with Gasteiger partial charge in [0.2, 0.25) is 5.91 Å². The van der Waals surface area contributed by atoms with Crippen molar-refractivity contribution in [2.75, 3.05) is 5.32 Å². The molecule has 0 saturated carbocycles. The topological polar surface area (TPSA) is 29.1 Å². The first kappa shape index (κ1) is 15.5. The van der Waals surface area contributed by atoms with Gasteiger partial charge in [-0.1, -0.05) is 38.5 Å². The van der Waals surface area contributed by atoms with Gasteiger partial charge in [0, 0.05) is 5.69 Å². The van der Waals surface area contributed by atoms with E-state index in [9.17, 15) is 18.0 Å². The number of anilines is 1. The zero-order valence-corrected chi connectivity index (χ0v) is 11.2. The van der Waals surface area contributed by atoms with Gasteiger partial charge in [-0.3, -0.25) is 4.79 Å². The highest BCUT2D eigenvalue weighted by molar-refractivity contribution is 5.95. The highest BCUT2D eigenvalue weighted by Crippen LogP contribution is 2.45. The van der Waals surface area contributed by atoms with Crippen molar-refractivity contribution in [1.29, 1.82) is 0 Å². The molecule has 1 aromatic rings. The van der Waals surface area contributed by atoms with E-state index in [0.717, 1.165) is 6.92 Å². The fraction of sp³-hybridized carbons (Fsp3) is 0.500. The zero-order chi connectivity index (χ0) is 14.7. The van der Waals surface area contributed by atoms with Crippen LogP contribution in [0.2, 0.25) is 0 Å². The molecule has 19 heavy (non-hydrogen) atoms. The number of alkyl halides is 3. The van der Waals surface area contributed by atoms with Gasteiger partial charge in [0.15, 0.2) is 0 Å². The lowest BCUT2D eigenvalue weighted by Gasteiger charge is -2.35. The molecule has 0 aliphatic rings. The van der Waals surface area contributed by atoms with Crippen LogP contribution in [0.5, 0.6) is 0 Å². The van der Waals surface area contributed by atoms with Crippen LogP contribution in [0.4, 0.5) is 18.9 Å². The number of hydrogen-bond donors (Lipinski definition) is 1. The lowest BCUT2D eigenvalue weighted by molar-refractivity contribution is -0.227. The van der Waals surface area contributed by atoms with Crippen LogP contribution in [0.1, 0.15) is 27.2 Å². The maximum Gasteiger partial charge on any atom is 0.403 e. The molecule has 1 amide bonds. The molecule has 2 atom stereocenters. The molecule has 0 bridgehead atoms. The Kier molecular flexibility index (Phi) is 4.61. The number of benzene rings is 1. The van der Waals surface area contributed by atoms with Gasteiger partial charge in [0.25, 0.3) is 0 Å². The Morgan fingerprint density at radius 1 is 1.26 bits per heavy atom. The summed E-state index contributed by atoms with van der Waals surface area (Å²) >= 11 is 0. The van der Waals surface area contributed by atoms with Gasteiger partial charge in [0.05, 0.1) is 0 Å². The van der Waals surface area contributed by atoms with E-state index in [2.05, 4.69) is 5.32 Å². The van der Waals surface area contributed by atoms with Crippen LogP contribution in [0, 0.1) is 11.3 Å². The molecule has 0 aliphatic carbocycles. The minimum atomic E-state index is -4.58. The molecule has 1 N–H and O–H groups in total. The Balaban J connectivity index is 3.03. The number of rotatable bonds is 4. The van der Waals surface area contributed by atoms with Crippen molar-refractivity contribution in [3.8, 4) is 0 Å². The zero-order valence-electron chi connectivity index (χ0n) is 11.2. The predicted molar refractivity (Wildman–Crippen MR) is 68.7 cm³/mol. The van der Waals surface area contributed by atoms with Crippen molar-refractivity contribution in [1.82, 2.24) is 0 Å². The van der Waals surface area contributed by atoms with E-state index in [1.807, 2.05) is 0 Å². The second kappa shape index (κ2) is 5.63. The summed E-state index contributed by atoms with van der Waals surface area (Å²) in [5.41, 5.74) is -2.02. The van der Waals surface area contributed by atoms with Crippen LogP contribution < -0.4 is 5.32 Å². The summed E-state index contributed by atoms with van der Waals surface area (Å²) < 4.78 is 39.7. The van der Waals surface area contributed by atoms with Gasteiger partial charge >= 0.3 is 6.18 Å². The second-order valence-electron chi connectivity index (χ2n) is 4.83. The predicted octanol–water partition coefficient (Wildman–Crippen LogP) is 4.24. The Morgan fingerprint density at radius 2 is 1.79 bits per heavy atom. The summed E-state index contributed by atoms with van der Waals surface area (Å²) in [7, 11) is 0. The molecule has 0 fully saturated rings. The first-order valence-corrected chi connectivity index (χ1v) is 6.16. The minimum absolute atomic E-state index is 0.276. The number of para-hydroxylation sites is 1. The van der Waals surface area contributed by atoms with Gasteiger partial charge in [-0.2, -0.15) is 13.2 Å². The van der Waals surface area contributed by atoms with Crippen LogP contribution in [0.25, 0.3) is 0 Å². The molecular formula is C14H18F3NO. The Bertz CT molecular complexity index is 430. The minimum Gasteiger partial charge on any atom is -0.325 e. The number of amides is 1. The first-order valence-electron chi connectivity index (χ1n) is 6.16. The van der Waals surface area contributed by atoms with Crippen molar-refractivity contribution in [3.63, 3.8) is 0 Å². The average molecular weight is 273 g/mol. The molecule has 0 aliphatic heterocycles. The van der Waals surface area contributed by atoms with E-state index in [0.29, 0.717) is 5.69 Å². The summed E-state index contributed by atoms with van der Waals surface area (Å²) in [5.74, 6) is -1.81. The summed E-state index contributed by atoms with van der Waals surface area (Å²) in [6, 6.07) is 8.16. The lowest BCUT2D eigenvalue weighted by Crippen LogP contribution is -2.50. The fourth-order valence-corrected chi connectivity index (χ4v) is 1.82. The molecule has 106 valence electrons. The average Bonchev–Trinajstić information content (AvgIpc) is 2.36. The van der Waals surface area contributed by atoms with E-state index in [1.54, 1.807) is 37.3 Å². The maximum atomic E-state index is 13.2. The van der Waals surface area contributed by atoms with E-state index in [1.165, 1.54) is 6.92 Å². The molecule has 1 unspecified atom stereocenters. The monoisotopic (exact) mass is 273 g/mol. The van der Waals surface area contributed by atoms with E-state index >= 15 is 0 Å².